The van der Waals surface area contributed by atoms with Crippen LogP contribution in [0.25, 0.3) is 5.57 Å². The first-order valence-electron chi connectivity index (χ1n) is 9.57. The third kappa shape index (κ3) is 7.67. The number of carbonyl (C=O) groups excluding carboxylic acids is 1. The van der Waals surface area contributed by atoms with Crippen molar-refractivity contribution in [3.05, 3.63) is 52.8 Å². The van der Waals surface area contributed by atoms with E-state index >= 15 is 0 Å². The zero-order chi connectivity index (χ0) is 22.1. The molecule has 0 atom stereocenters. The van der Waals surface area contributed by atoms with Gasteiger partial charge in [-0.2, -0.15) is 0 Å². The Balaban J connectivity index is 0.000000297. The first-order chi connectivity index (χ1) is 14.2. The number of ether oxygens (including phenoxy) is 3. The second-order valence-corrected chi connectivity index (χ2v) is 8.29. The van der Waals surface area contributed by atoms with Crippen LogP contribution in [0.3, 0.4) is 0 Å². The Morgan fingerprint density at radius 1 is 1.03 bits per heavy atom. The van der Waals surface area contributed by atoms with Gasteiger partial charge in [-0.25, -0.2) is 14.8 Å². The molecule has 0 saturated heterocycles. The molecule has 1 amide bonds. The average molecular weight is 478 g/mol. The van der Waals surface area contributed by atoms with Crippen LogP contribution in [0.2, 0.25) is 0 Å². The van der Waals surface area contributed by atoms with Gasteiger partial charge in [0.2, 0.25) is 11.8 Å². The topological polar surface area (TPSA) is 73.8 Å². The van der Waals surface area contributed by atoms with E-state index < -0.39 is 5.60 Å². The summed E-state index contributed by atoms with van der Waals surface area (Å²) in [5.74, 6) is 1.23. The smallest absolute Gasteiger partial charge is 0.410 e. The lowest BCUT2D eigenvalue weighted by Gasteiger charge is -2.29. The molecule has 0 spiro atoms. The molecule has 0 N–H and O–H groups in total. The van der Waals surface area contributed by atoms with Crippen LogP contribution in [0.5, 0.6) is 11.8 Å². The predicted molar refractivity (Wildman–Crippen MR) is 120 cm³/mol. The summed E-state index contributed by atoms with van der Waals surface area (Å²) in [7, 11) is 3.19. The largest absolute Gasteiger partial charge is 0.481 e. The van der Waals surface area contributed by atoms with E-state index in [9.17, 15) is 4.79 Å². The highest BCUT2D eigenvalue weighted by molar-refractivity contribution is 9.10. The zero-order valence-electron chi connectivity index (χ0n) is 18.0. The first kappa shape index (κ1) is 23.7. The number of amides is 1. The first-order valence-corrected chi connectivity index (χ1v) is 10.4. The van der Waals surface area contributed by atoms with E-state index in [-0.39, 0.29) is 6.09 Å². The van der Waals surface area contributed by atoms with Gasteiger partial charge in [0.15, 0.2) is 0 Å². The molecular weight excluding hydrogens is 450 g/mol. The Hall–Kier alpha value is -2.61. The standard InChI is InChI=1S/C16H22N2O3.C6H6BrNO/c1-16(2,3)21-15(19)18-10-8-12(9-11-18)13-6-5-7-14(17-13)20-4;1-9-6-4-2-3-5(7)8-6/h5-8H,9-11H2,1-4H3;2-4H,1H3. The molecule has 0 unspecified atom stereocenters. The van der Waals surface area contributed by atoms with Gasteiger partial charge in [0.1, 0.15) is 10.2 Å². The van der Waals surface area contributed by atoms with E-state index in [2.05, 4.69) is 25.9 Å². The van der Waals surface area contributed by atoms with Crippen molar-refractivity contribution in [2.24, 2.45) is 0 Å². The number of carbonyl (C=O) groups is 1. The van der Waals surface area contributed by atoms with E-state index in [1.165, 1.54) is 0 Å². The number of pyridine rings is 2. The van der Waals surface area contributed by atoms with E-state index in [0.717, 1.165) is 22.3 Å². The molecule has 1 aliphatic heterocycles. The number of hydrogen-bond donors (Lipinski definition) is 0. The van der Waals surface area contributed by atoms with Crippen LogP contribution in [0.15, 0.2) is 47.1 Å². The summed E-state index contributed by atoms with van der Waals surface area (Å²) in [5.41, 5.74) is 1.57. The summed E-state index contributed by atoms with van der Waals surface area (Å²) in [5, 5.41) is 0. The predicted octanol–water partition coefficient (Wildman–Crippen LogP) is 4.97. The maximum Gasteiger partial charge on any atom is 0.410 e. The summed E-state index contributed by atoms with van der Waals surface area (Å²) >= 11 is 3.21. The molecule has 8 heteroatoms. The van der Waals surface area contributed by atoms with E-state index in [4.69, 9.17) is 14.2 Å². The van der Waals surface area contributed by atoms with Gasteiger partial charge >= 0.3 is 6.09 Å². The quantitative estimate of drug-likeness (QED) is 0.581. The van der Waals surface area contributed by atoms with Crippen molar-refractivity contribution in [1.82, 2.24) is 14.9 Å². The lowest BCUT2D eigenvalue weighted by Crippen LogP contribution is -2.39. The average Bonchev–Trinajstić information content (AvgIpc) is 2.73. The van der Waals surface area contributed by atoms with Gasteiger partial charge in [-0.15, -0.1) is 0 Å². The molecule has 2 aromatic rings. The van der Waals surface area contributed by atoms with E-state index in [1.807, 2.05) is 57.2 Å². The monoisotopic (exact) mass is 477 g/mol. The van der Waals surface area contributed by atoms with E-state index in [1.54, 1.807) is 25.2 Å². The van der Waals surface area contributed by atoms with Crippen LogP contribution in [0.1, 0.15) is 32.9 Å². The summed E-state index contributed by atoms with van der Waals surface area (Å²) in [6, 6.07) is 11.2. The van der Waals surface area contributed by atoms with Gasteiger partial charge in [-0.05, 0) is 60.8 Å². The van der Waals surface area contributed by atoms with Gasteiger partial charge < -0.3 is 19.1 Å². The van der Waals surface area contributed by atoms with Gasteiger partial charge in [0.05, 0.1) is 19.9 Å². The van der Waals surface area contributed by atoms with Gasteiger partial charge in [-0.1, -0.05) is 18.2 Å². The lowest BCUT2D eigenvalue weighted by molar-refractivity contribution is 0.0270. The van der Waals surface area contributed by atoms with Crippen molar-refractivity contribution in [2.75, 3.05) is 27.3 Å². The molecule has 1 aliphatic rings. The van der Waals surface area contributed by atoms with Crippen molar-refractivity contribution in [1.29, 1.82) is 0 Å². The molecule has 30 heavy (non-hydrogen) atoms. The Labute approximate surface area is 186 Å². The highest BCUT2D eigenvalue weighted by Crippen LogP contribution is 2.23. The van der Waals surface area contributed by atoms with E-state index in [0.29, 0.717) is 24.8 Å². The SMILES string of the molecule is COc1cccc(Br)n1.COc1cccc(C2=CCN(C(=O)OC(C)(C)C)CC2)n1. The third-order valence-electron chi connectivity index (χ3n) is 4.02. The number of rotatable bonds is 3. The fourth-order valence-corrected chi connectivity index (χ4v) is 2.93. The maximum atomic E-state index is 12.0. The molecule has 0 aliphatic carbocycles. The number of halogens is 1. The molecular formula is C22H28BrN3O4. The van der Waals surface area contributed by atoms with Crippen LogP contribution in [-0.2, 0) is 4.74 Å². The van der Waals surface area contributed by atoms with Crippen LogP contribution < -0.4 is 9.47 Å². The minimum absolute atomic E-state index is 0.267. The van der Waals surface area contributed by atoms with Gasteiger partial charge in [0.25, 0.3) is 0 Å². The molecule has 2 aromatic heterocycles. The number of methoxy groups -OCH3 is 2. The van der Waals surface area contributed by atoms with Crippen LogP contribution in [0, 0.1) is 0 Å². The molecule has 0 radical (unpaired) electrons. The molecule has 0 aromatic carbocycles. The number of hydrogen-bond acceptors (Lipinski definition) is 6. The molecule has 0 saturated carbocycles. The summed E-state index contributed by atoms with van der Waals surface area (Å²) in [6.45, 7) is 6.80. The maximum absolute atomic E-state index is 12.0. The van der Waals surface area contributed by atoms with Crippen molar-refractivity contribution in [2.45, 2.75) is 32.8 Å². The minimum Gasteiger partial charge on any atom is -0.481 e. The van der Waals surface area contributed by atoms with Crippen LogP contribution in [0.4, 0.5) is 4.79 Å². The molecule has 0 bridgehead atoms. The fourth-order valence-electron chi connectivity index (χ4n) is 2.60. The Morgan fingerprint density at radius 3 is 2.17 bits per heavy atom. The summed E-state index contributed by atoms with van der Waals surface area (Å²) in [4.78, 5) is 22.1. The normalized spacial score (nSPS) is 13.5. The van der Waals surface area contributed by atoms with Crippen molar-refractivity contribution in [3.63, 3.8) is 0 Å². The third-order valence-corrected chi connectivity index (χ3v) is 4.46. The fraction of sp³-hybridized carbons (Fsp3) is 0.409. The van der Waals surface area contributed by atoms with Crippen molar-refractivity contribution < 1.29 is 19.0 Å². The molecule has 3 rings (SSSR count). The molecule has 0 fully saturated rings. The Kier molecular flexibility index (Phi) is 8.65. The van der Waals surface area contributed by atoms with Gasteiger partial charge in [0, 0.05) is 25.2 Å². The molecule has 162 valence electrons. The minimum atomic E-state index is -0.463. The molecule has 3 heterocycles. The van der Waals surface area contributed by atoms with Gasteiger partial charge in [-0.3, -0.25) is 0 Å². The second-order valence-electron chi connectivity index (χ2n) is 7.47. The highest BCUT2D eigenvalue weighted by atomic mass is 79.9. The Bertz CT molecular complexity index is 881. The zero-order valence-corrected chi connectivity index (χ0v) is 19.6. The highest BCUT2D eigenvalue weighted by Gasteiger charge is 2.24. The van der Waals surface area contributed by atoms with Crippen molar-refractivity contribution in [3.8, 4) is 11.8 Å². The second kappa shape index (κ2) is 11.0. The summed E-state index contributed by atoms with van der Waals surface area (Å²) < 4.78 is 16.2. The van der Waals surface area contributed by atoms with Crippen LogP contribution >= 0.6 is 15.9 Å². The molecule has 7 nitrogen and oxygen atoms in total. The Morgan fingerprint density at radius 2 is 1.67 bits per heavy atom. The summed E-state index contributed by atoms with van der Waals surface area (Å²) in [6.07, 6.45) is 2.52. The van der Waals surface area contributed by atoms with Crippen molar-refractivity contribution >= 4 is 27.6 Å². The lowest BCUT2D eigenvalue weighted by atomic mass is 10.0. The number of aromatic nitrogens is 2. The number of nitrogens with zero attached hydrogens (tertiary/aromatic N) is 3. The van der Waals surface area contributed by atoms with Crippen LogP contribution in [-0.4, -0.2) is 53.9 Å².